The Balaban J connectivity index is 2.14. The Kier molecular flexibility index (Phi) is 4.05. The van der Waals surface area contributed by atoms with Gasteiger partial charge in [0.2, 0.25) is 0 Å². The van der Waals surface area contributed by atoms with Crippen LogP contribution in [0.1, 0.15) is 15.9 Å². The molecule has 0 aliphatic heterocycles. The summed E-state index contributed by atoms with van der Waals surface area (Å²) in [6.07, 6.45) is 0.982. The zero-order chi connectivity index (χ0) is 14.5. The molecule has 4 nitrogen and oxygen atoms in total. The number of carbonyl (C=O) groups excluding carboxylic acids is 1. The lowest BCUT2D eigenvalue weighted by molar-refractivity contribution is -0.255. The third kappa shape index (κ3) is 3.17. The third-order valence-electron chi connectivity index (χ3n) is 2.49. The Morgan fingerprint density at radius 1 is 1.15 bits per heavy atom. The van der Waals surface area contributed by atoms with E-state index in [1.165, 1.54) is 24.3 Å². The van der Waals surface area contributed by atoms with Gasteiger partial charge < -0.3 is 9.90 Å². The van der Waals surface area contributed by atoms with Gasteiger partial charge in [-0.3, -0.25) is 5.43 Å². The molecule has 0 unspecified atom stereocenters. The van der Waals surface area contributed by atoms with Gasteiger partial charge in [-0.1, -0.05) is 18.2 Å². The van der Waals surface area contributed by atoms with Gasteiger partial charge in [0, 0.05) is 0 Å². The van der Waals surface area contributed by atoms with Crippen molar-refractivity contribution in [2.75, 3.05) is 5.43 Å². The van der Waals surface area contributed by atoms with E-state index in [0.717, 1.165) is 18.3 Å². The molecule has 20 heavy (non-hydrogen) atoms. The topological polar surface area (TPSA) is 64.5 Å². The molecule has 1 N–H and O–H groups in total. The van der Waals surface area contributed by atoms with Crippen LogP contribution in [0.25, 0.3) is 0 Å². The van der Waals surface area contributed by atoms with Crippen molar-refractivity contribution in [1.82, 2.24) is 0 Å². The second kappa shape index (κ2) is 5.92. The van der Waals surface area contributed by atoms with Crippen LogP contribution >= 0.6 is 0 Å². The zero-order valence-corrected chi connectivity index (χ0v) is 10.1. The summed E-state index contributed by atoms with van der Waals surface area (Å²) in [6.45, 7) is 0. The maximum Gasteiger partial charge on any atom is 0.134 e. The van der Waals surface area contributed by atoms with Gasteiger partial charge in [0.05, 0.1) is 23.4 Å². The standard InChI is InChI=1S/C14H10F2N2O2/c15-12-5-2-6-13(16)11(12)8-17-18-10-4-1-3-9(7-10)14(19)20/h1-8,18H,(H,19,20)/p-1/b17-8-. The van der Waals surface area contributed by atoms with E-state index in [9.17, 15) is 18.7 Å². The molecule has 2 rings (SSSR count). The van der Waals surface area contributed by atoms with Gasteiger partial charge in [0.1, 0.15) is 11.6 Å². The van der Waals surface area contributed by atoms with E-state index in [-0.39, 0.29) is 11.1 Å². The Labute approximate surface area is 113 Å². The molecule has 0 atom stereocenters. The minimum absolute atomic E-state index is 0.0257. The summed E-state index contributed by atoms with van der Waals surface area (Å²) < 4.78 is 26.6. The molecule has 0 bridgehead atoms. The molecule has 2 aromatic carbocycles. The fraction of sp³-hybridized carbons (Fsp3) is 0. The second-order valence-corrected chi connectivity index (χ2v) is 3.87. The molecule has 0 saturated heterocycles. The molecule has 0 saturated carbocycles. The minimum Gasteiger partial charge on any atom is -0.545 e. The highest BCUT2D eigenvalue weighted by Crippen LogP contribution is 2.11. The molecule has 0 spiro atoms. The molecule has 2 aromatic rings. The molecule has 0 fully saturated rings. The van der Waals surface area contributed by atoms with E-state index in [0.29, 0.717) is 5.69 Å². The summed E-state index contributed by atoms with van der Waals surface area (Å²) in [4.78, 5) is 10.7. The number of nitrogens with one attached hydrogen (secondary N) is 1. The van der Waals surface area contributed by atoms with Crippen molar-refractivity contribution in [3.8, 4) is 0 Å². The van der Waals surface area contributed by atoms with E-state index in [1.807, 2.05) is 0 Å². The largest absolute Gasteiger partial charge is 0.545 e. The minimum atomic E-state index is -1.32. The Morgan fingerprint density at radius 3 is 2.45 bits per heavy atom. The number of carbonyl (C=O) groups is 1. The van der Waals surface area contributed by atoms with Crippen molar-refractivity contribution < 1.29 is 18.7 Å². The van der Waals surface area contributed by atoms with Crippen molar-refractivity contribution in [3.05, 3.63) is 65.2 Å². The summed E-state index contributed by atoms with van der Waals surface area (Å²) >= 11 is 0. The summed E-state index contributed by atoms with van der Waals surface area (Å²) in [5.74, 6) is -2.80. The van der Waals surface area contributed by atoms with E-state index < -0.39 is 17.6 Å². The number of hydrogen-bond acceptors (Lipinski definition) is 4. The van der Waals surface area contributed by atoms with Gasteiger partial charge >= 0.3 is 0 Å². The maximum atomic E-state index is 13.3. The van der Waals surface area contributed by atoms with Crippen LogP contribution in [0, 0.1) is 11.6 Å². The van der Waals surface area contributed by atoms with E-state index in [2.05, 4.69) is 10.5 Å². The lowest BCUT2D eigenvalue weighted by Crippen LogP contribution is -2.22. The highest BCUT2D eigenvalue weighted by atomic mass is 19.1. The molecular weight excluding hydrogens is 266 g/mol. The highest BCUT2D eigenvalue weighted by Gasteiger charge is 2.04. The fourth-order valence-electron chi connectivity index (χ4n) is 1.52. The average molecular weight is 275 g/mol. The number of nitrogens with zero attached hydrogens (tertiary/aromatic N) is 1. The molecule has 0 radical (unpaired) electrons. The smallest absolute Gasteiger partial charge is 0.134 e. The zero-order valence-electron chi connectivity index (χ0n) is 10.1. The summed E-state index contributed by atoms with van der Waals surface area (Å²) in [7, 11) is 0. The van der Waals surface area contributed by atoms with E-state index in [4.69, 9.17) is 0 Å². The average Bonchev–Trinajstić information content (AvgIpc) is 2.42. The predicted molar refractivity (Wildman–Crippen MR) is 68.3 cm³/mol. The van der Waals surface area contributed by atoms with Crippen molar-refractivity contribution in [3.63, 3.8) is 0 Å². The first-order chi connectivity index (χ1) is 9.58. The van der Waals surface area contributed by atoms with Gasteiger partial charge in [-0.2, -0.15) is 5.10 Å². The SMILES string of the molecule is O=C([O-])c1cccc(N/N=C\c2c(F)cccc2F)c1. The molecule has 6 heteroatoms. The summed E-state index contributed by atoms with van der Waals surface area (Å²) in [6, 6.07) is 9.18. The number of hydrogen-bond donors (Lipinski definition) is 1. The maximum absolute atomic E-state index is 13.3. The first kappa shape index (κ1) is 13.7. The number of carboxylic acids is 1. The van der Waals surface area contributed by atoms with Crippen LogP contribution in [0.4, 0.5) is 14.5 Å². The Morgan fingerprint density at radius 2 is 1.80 bits per heavy atom. The number of rotatable bonds is 4. The van der Waals surface area contributed by atoms with Gasteiger partial charge in [0.25, 0.3) is 0 Å². The van der Waals surface area contributed by atoms with Crippen molar-refractivity contribution in [1.29, 1.82) is 0 Å². The van der Waals surface area contributed by atoms with Gasteiger partial charge in [-0.15, -0.1) is 0 Å². The number of carboxylic acid groups (broad SMARTS) is 1. The number of benzene rings is 2. The molecule has 0 aromatic heterocycles. The second-order valence-electron chi connectivity index (χ2n) is 3.87. The van der Waals surface area contributed by atoms with Crippen LogP contribution in [0.5, 0.6) is 0 Å². The monoisotopic (exact) mass is 275 g/mol. The number of anilines is 1. The van der Waals surface area contributed by atoms with Crippen LogP contribution in [-0.2, 0) is 0 Å². The lowest BCUT2D eigenvalue weighted by Gasteiger charge is -2.05. The molecule has 0 amide bonds. The Bertz CT molecular complexity index is 652. The molecule has 102 valence electrons. The molecular formula is C14H9F2N2O2-. The normalized spacial score (nSPS) is 10.7. The first-order valence-corrected chi connectivity index (χ1v) is 5.62. The molecule has 0 heterocycles. The van der Waals surface area contributed by atoms with E-state index >= 15 is 0 Å². The van der Waals surface area contributed by atoms with Crippen LogP contribution < -0.4 is 10.5 Å². The highest BCUT2D eigenvalue weighted by molar-refractivity contribution is 5.87. The predicted octanol–water partition coefficient (Wildman–Crippen LogP) is 1.77. The Hall–Kier alpha value is -2.76. The van der Waals surface area contributed by atoms with Crippen LogP contribution in [-0.4, -0.2) is 12.2 Å². The van der Waals surface area contributed by atoms with Crippen molar-refractivity contribution >= 4 is 17.9 Å². The molecule has 0 aliphatic rings. The van der Waals surface area contributed by atoms with Crippen LogP contribution in [0.3, 0.4) is 0 Å². The van der Waals surface area contributed by atoms with Crippen molar-refractivity contribution in [2.24, 2.45) is 5.10 Å². The van der Waals surface area contributed by atoms with Crippen LogP contribution in [0.2, 0.25) is 0 Å². The summed E-state index contributed by atoms with van der Waals surface area (Å²) in [5.41, 5.74) is 2.54. The fourth-order valence-corrected chi connectivity index (χ4v) is 1.52. The first-order valence-electron chi connectivity index (χ1n) is 5.62. The number of halogens is 2. The van der Waals surface area contributed by atoms with Crippen molar-refractivity contribution in [2.45, 2.75) is 0 Å². The van der Waals surface area contributed by atoms with Crippen LogP contribution in [0.15, 0.2) is 47.6 Å². The number of hydrazone groups is 1. The number of aromatic carboxylic acids is 1. The van der Waals surface area contributed by atoms with Gasteiger partial charge in [-0.05, 0) is 29.8 Å². The van der Waals surface area contributed by atoms with Gasteiger partial charge in [-0.25, -0.2) is 8.78 Å². The molecule has 0 aliphatic carbocycles. The van der Waals surface area contributed by atoms with E-state index in [1.54, 1.807) is 6.07 Å². The quantitative estimate of drug-likeness (QED) is 0.683. The third-order valence-corrected chi connectivity index (χ3v) is 2.49. The summed E-state index contributed by atoms with van der Waals surface area (Å²) in [5, 5.41) is 14.3. The van der Waals surface area contributed by atoms with Gasteiger partial charge in [0.15, 0.2) is 0 Å². The lowest BCUT2D eigenvalue weighted by atomic mass is 10.2.